The van der Waals surface area contributed by atoms with E-state index in [1.165, 1.54) is 19.2 Å². The average molecular weight is 500 g/mol. The van der Waals surface area contributed by atoms with Crippen LogP contribution in [0.1, 0.15) is 15.9 Å². The number of ketones is 1. The van der Waals surface area contributed by atoms with Gasteiger partial charge in [0, 0.05) is 18.2 Å². The van der Waals surface area contributed by atoms with E-state index in [1.807, 2.05) is 30.3 Å². The van der Waals surface area contributed by atoms with Gasteiger partial charge >= 0.3 is 5.97 Å². The van der Waals surface area contributed by atoms with Crippen LogP contribution in [-0.2, 0) is 19.6 Å². The lowest BCUT2D eigenvalue weighted by molar-refractivity contribution is -0.139. The summed E-state index contributed by atoms with van der Waals surface area (Å²) in [5.74, 6) is -1.03. The summed E-state index contributed by atoms with van der Waals surface area (Å²) < 4.78 is 38.5. The number of nitrogens with zero attached hydrogens (tertiary/aromatic N) is 1. The summed E-state index contributed by atoms with van der Waals surface area (Å²) in [4.78, 5) is 26.5. The molecule has 0 unspecified atom stereocenters. The first-order valence-electron chi connectivity index (χ1n) is 11.1. The van der Waals surface area contributed by atoms with Crippen LogP contribution < -0.4 is 4.74 Å². The maximum Gasteiger partial charge on any atom is 0.349 e. The van der Waals surface area contributed by atoms with Crippen LogP contribution in [0.5, 0.6) is 5.75 Å². The van der Waals surface area contributed by atoms with E-state index in [4.69, 9.17) is 9.47 Å². The van der Waals surface area contributed by atoms with E-state index in [2.05, 4.69) is 0 Å². The maximum absolute atomic E-state index is 13.7. The maximum atomic E-state index is 13.7. The van der Waals surface area contributed by atoms with Crippen molar-refractivity contribution in [2.24, 2.45) is 0 Å². The highest BCUT2D eigenvalue weighted by Crippen LogP contribution is 2.38. The fraction of sp³-hybridized carbons (Fsp3) is 0.0714. The van der Waals surface area contributed by atoms with Crippen molar-refractivity contribution >= 4 is 38.3 Å². The quantitative estimate of drug-likeness (QED) is 0.283. The van der Waals surface area contributed by atoms with Crippen molar-refractivity contribution < 1.29 is 27.5 Å². The molecule has 0 fully saturated rings. The van der Waals surface area contributed by atoms with E-state index in [0.29, 0.717) is 5.75 Å². The van der Waals surface area contributed by atoms with Crippen LogP contribution in [0, 0.1) is 0 Å². The number of carbonyl (C=O) groups excluding carboxylic acids is 2. The van der Waals surface area contributed by atoms with Gasteiger partial charge in [0.1, 0.15) is 11.4 Å². The molecule has 0 amide bonds. The van der Waals surface area contributed by atoms with E-state index in [1.54, 1.807) is 54.6 Å². The topological polar surface area (TPSA) is 90.0 Å². The SMILES string of the molecule is CN1C(C(=O)c2ccc3ccccc3c2)=C(OC(=O)COc2ccccc2)c2ccccc2S1(=O)=O. The van der Waals surface area contributed by atoms with E-state index in [-0.39, 0.29) is 27.5 Å². The van der Waals surface area contributed by atoms with Crippen LogP contribution in [0.25, 0.3) is 16.5 Å². The molecule has 0 aromatic heterocycles. The molecule has 0 aliphatic carbocycles. The summed E-state index contributed by atoms with van der Waals surface area (Å²) >= 11 is 0. The monoisotopic (exact) mass is 499 g/mol. The Morgan fingerprint density at radius 2 is 1.47 bits per heavy atom. The Morgan fingerprint density at radius 3 is 2.25 bits per heavy atom. The molecule has 1 heterocycles. The van der Waals surface area contributed by atoms with Crippen LogP contribution >= 0.6 is 0 Å². The molecular formula is C28H21NO6S. The fourth-order valence-corrected chi connectivity index (χ4v) is 5.43. The molecule has 0 N–H and O–H groups in total. The van der Waals surface area contributed by atoms with E-state index >= 15 is 0 Å². The molecule has 0 spiro atoms. The normalized spacial score (nSPS) is 14.3. The number of esters is 1. The molecule has 0 saturated heterocycles. The highest BCUT2D eigenvalue weighted by atomic mass is 32.2. The predicted molar refractivity (Wildman–Crippen MR) is 135 cm³/mol. The standard InChI is InChI=1S/C28H21NO6S/c1-29-26(27(31)21-16-15-19-9-5-6-10-20(19)17-21)28(23-13-7-8-14-24(23)36(29,32)33)35-25(30)18-34-22-11-3-2-4-12-22/h2-17H,18H2,1H3. The second-order valence-corrected chi connectivity index (χ2v) is 10.1. The van der Waals surface area contributed by atoms with Crippen LogP contribution in [-0.4, -0.2) is 38.1 Å². The lowest BCUT2D eigenvalue weighted by Crippen LogP contribution is -2.36. The lowest BCUT2D eigenvalue weighted by atomic mass is 10.0. The molecule has 5 rings (SSSR count). The first-order valence-corrected chi connectivity index (χ1v) is 12.5. The molecule has 7 nitrogen and oxygen atoms in total. The molecule has 0 saturated carbocycles. The van der Waals surface area contributed by atoms with Gasteiger partial charge in [-0.2, -0.15) is 0 Å². The van der Waals surface area contributed by atoms with Gasteiger partial charge in [0.15, 0.2) is 12.4 Å². The first kappa shape index (κ1) is 23.3. The van der Waals surface area contributed by atoms with Gasteiger partial charge in [0.2, 0.25) is 5.78 Å². The summed E-state index contributed by atoms with van der Waals surface area (Å²) in [6.45, 7) is -0.427. The zero-order chi connectivity index (χ0) is 25.3. The third-order valence-electron chi connectivity index (χ3n) is 5.84. The average Bonchev–Trinajstić information content (AvgIpc) is 2.91. The van der Waals surface area contributed by atoms with Crippen molar-refractivity contribution in [1.29, 1.82) is 0 Å². The minimum Gasteiger partial charge on any atom is -0.482 e. The van der Waals surface area contributed by atoms with Gasteiger partial charge in [-0.3, -0.25) is 9.10 Å². The molecule has 0 bridgehead atoms. The number of hydrogen-bond acceptors (Lipinski definition) is 6. The molecule has 4 aromatic carbocycles. The van der Waals surface area contributed by atoms with Crippen molar-refractivity contribution in [3.8, 4) is 5.75 Å². The molecule has 36 heavy (non-hydrogen) atoms. The summed E-state index contributed by atoms with van der Waals surface area (Å²) in [6.07, 6.45) is 0. The summed E-state index contributed by atoms with van der Waals surface area (Å²) in [5.41, 5.74) is 0.143. The minimum atomic E-state index is -4.06. The van der Waals surface area contributed by atoms with E-state index in [9.17, 15) is 18.0 Å². The molecule has 4 aromatic rings. The molecule has 0 atom stereocenters. The smallest absolute Gasteiger partial charge is 0.349 e. The van der Waals surface area contributed by atoms with E-state index < -0.39 is 28.4 Å². The molecule has 180 valence electrons. The number of para-hydroxylation sites is 1. The molecule has 8 heteroatoms. The largest absolute Gasteiger partial charge is 0.482 e. The Balaban J connectivity index is 1.58. The Labute approximate surface area is 208 Å². The third-order valence-corrected chi connectivity index (χ3v) is 7.66. The van der Waals surface area contributed by atoms with Gasteiger partial charge in [0.05, 0.1) is 4.90 Å². The second-order valence-electron chi connectivity index (χ2n) is 8.11. The predicted octanol–water partition coefficient (Wildman–Crippen LogP) is 4.65. The Bertz CT molecular complexity index is 1630. The number of hydrogen-bond donors (Lipinski definition) is 0. The Hall–Kier alpha value is -4.43. The number of rotatable bonds is 6. The van der Waals surface area contributed by atoms with Crippen LogP contribution in [0.3, 0.4) is 0 Å². The number of Topliss-reactive ketones (excluding diaryl/α,β-unsaturated/α-hetero) is 1. The van der Waals surface area contributed by atoms with Gasteiger partial charge in [-0.05, 0) is 41.1 Å². The summed E-state index contributed by atoms with van der Waals surface area (Å²) in [5, 5.41) is 1.75. The number of carbonyl (C=O) groups is 2. The molecule has 0 radical (unpaired) electrons. The van der Waals surface area contributed by atoms with E-state index in [0.717, 1.165) is 15.1 Å². The number of ether oxygens (including phenoxy) is 2. The molecular weight excluding hydrogens is 478 g/mol. The second kappa shape index (κ2) is 9.31. The lowest BCUT2D eigenvalue weighted by Gasteiger charge is -2.30. The molecule has 1 aliphatic rings. The van der Waals surface area contributed by atoms with Gasteiger partial charge < -0.3 is 9.47 Å². The summed E-state index contributed by atoms with van der Waals surface area (Å²) in [6, 6.07) is 27.4. The van der Waals surface area contributed by atoms with Crippen molar-refractivity contribution in [3.05, 3.63) is 114 Å². The van der Waals surface area contributed by atoms with Crippen molar-refractivity contribution in [2.75, 3.05) is 13.7 Å². The Morgan fingerprint density at radius 1 is 0.806 bits per heavy atom. The van der Waals surface area contributed by atoms with Gasteiger partial charge in [-0.15, -0.1) is 0 Å². The van der Waals surface area contributed by atoms with Crippen LogP contribution in [0.4, 0.5) is 0 Å². The number of fused-ring (bicyclic) bond motifs is 2. The van der Waals surface area contributed by atoms with Gasteiger partial charge in [0.25, 0.3) is 10.0 Å². The minimum absolute atomic E-state index is 0.0608. The number of sulfonamides is 1. The zero-order valence-electron chi connectivity index (χ0n) is 19.2. The third kappa shape index (κ3) is 4.23. The van der Waals surface area contributed by atoms with Crippen molar-refractivity contribution in [3.63, 3.8) is 0 Å². The number of likely N-dealkylation sites (N-methyl/N-ethyl adjacent to an activating group) is 1. The zero-order valence-corrected chi connectivity index (χ0v) is 20.1. The molecule has 1 aliphatic heterocycles. The van der Waals surface area contributed by atoms with Gasteiger partial charge in [-0.25, -0.2) is 13.2 Å². The summed E-state index contributed by atoms with van der Waals surface area (Å²) in [7, 11) is -2.79. The first-order chi connectivity index (χ1) is 17.4. The highest BCUT2D eigenvalue weighted by Gasteiger charge is 2.39. The highest BCUT2D eigenvalue weighted by molar-refractivity contribution is 7.89. The van der Waals surface area contributed by atoms with Crippen molar-refractivity contribution in [1.82, 2.24) is 4.31 Å². The number of allylic oxidation sites excluding steroid dienone is 1. The van der Waals surface area contributed by atoms with Crippen LogP contribution in [0.15, 0.2) is 108 Å². The fourth-order valence-electron chi connectivity index (χ4n) is 4.04. The Kier molecular flexibility index (Phi) is 6.03. The van der Waals surface area contributed by atoms with Crippen molar-refractivity contribution in [2.45, 2.75) is 4.90 Å². The number of benzene rings is 4. The van der Waals surface area contributed by atoms with Gasteiger partial charge in [-0.1, -0.05) is 66.7 Å². The van der Waals surface area contributed by atoms with Crippen LogP contribution in [0.2, 0.25) is 0 Å².